The quantitative estimate of drug-likeness (QED) is 0.382. The maximum atomic E-state index is 10.8. The van der Waals surface area contributed by atoms with E-state index in [1.165, 1.54) is 12.1 Å². The fraction of sp³-hybridized carbons (Fsp3) is 0. The number of hydrogen-bond donors (Lipinski definition) is 2. The van der Waals surface area contributed by atoms with Crippen LogP contribution in [0.4, 0.5) is 11.4 Å². The van der Waals surface area contributed by atoms with Gasteiger partial charge in [0.05, 0.1) is 26.1 Å². The van der Waals surface area contributed by atoms with Crippen molar-refractivity contribution in [3.63, 3.8) is 0 Å². The molecule has 0 aliphatic carbocycles. The Labute approximate surface area is 110 Å². The molecule has 8 heteroatoms. The molecule has 2 rings (SSSR count). The van der Waals surface area contributed by atoms with E-state index in [2.05, 4.69) is 33.1 Å². The Morgan fingerprint density at radius 1 is 1.47 bits per heavy atom. The van der Waals surface area contributed by atoms with Crippen molar-refractivity contribution in [2.24, 2.45) is 5.84 Å². The highest BCUT2D eigenvalue weighted by molar-refractivity contribution is 14.1. The number of rotatable bonds is 3. The second kappa shape index (κ2) is 4.67. The first-order valence-electron chi connectivity index (χ1n) is 4.57. The molecule has 0 spiro atoms. The van der Waals surface area contributed by atoms with Crippen molar-refractivity contribution in [3.05, 3.63) is 44.3 Å². The van der Waals surface area contributed by atoms with Gasteiger partial charge < -0.3 is 5.43 Å². The highest BCUT2D eigenvalue weighted by Gasteiger charge is 2.11. The van der Waals surface area contributed by atoms with Crippen molar-refractivity contribution in [1.82, 2.24) is 9.78 Å². The van der Waals surface area contributed by atoms with Crippen LogP contribution in [0.1, 0.15) is 0 Å². The molecule has 88 valence electrons. The van der Waals surface area contributed by atoms with E-state index in [-0.39, 0.29) is 5.69 Å². The van der Waals surface area contributed by atoms with E-state index in [4.69, 9.17) is 5.84 Å². The molecule has 0 amide bonds. The fourth-order valence-electron chi connectivity index (χ4n) is 1.36. The lowest BCUT2D eigenvalue weighted by Crippen LogP contribution is -2.08. The van der Waals surface area contributed by atoms with E-state index in [1.54, 1.807) is 23.1 Å². The van der Waals surface area contributed by atoms with Crippen molar-refractivity contribution in [1.29, 1.82) is 0 Å². The van der Waals surface area contributed by atoms with Crippen LogP contribution in [0.2, 0.25) is 0 Å². The summed E-state index contributed by atoms with van der Waals surface area (Å²) in [7, 11) is 0. The normalized spacial score (nSPS) is 10.2. The maximum absolute atomic E-state index is 10.8. The number of non-ortho nitro benzene ring substituents is 1. The zero-order chi connectivity index (χ0) is 12.4. The summed E-state index contributed by atoms with van der Waals surface area (Å²) in [5, 5.41) is 14.8. The van der Waals surface area contributed by atoms with Crippen molar-refractivity contribution in [2.45, 2.75) is 0 Å². The van der Waals surface area contributed by atoms with Crippen LogP contribution in [-0.4, -0.2) is 14.7 Å². The molecule has 0 bridgehead atoms. The summed E-state index contributed by atoms with van der Waals surface area (Å²) in [6.45, 7) is 0. The summed E-state index contributed by atoms with van der Waals surface area (Å²) in [5.74, 6) is 5.27. The molecule has 0 aliphatic rings. The first kappa shape index (κ1) is 11.8. The summed E-state index contributed by atoms with van der Waals surface area (Å²) in [6, 6.07) is 4.47. The molecule has 0 saturated carbocycles. The molecule has 1 aromatic heterocycles. The zero-order valence-electron chi connectivity index (χ0n) is 8.50. The Balaban J connectivity index is 2.53. The number of nitro groups is 1. The summed E-state index contributed by atoms with van der Waals surface area (Å²) in [6.07, 6.45) is 3.43. The Morgan fingerprint density at radius 3 is 2.76 bits per heavy atom. The van der Waals surface area contributed by atoms with Crippen molar-refractivity contribution in [2.75, 3.05) is 5.43 Å². The summed E-state index contributed by atoms with van der Waals surface area (Å²) in [5.41, 5.74) is 3.39. The van der Waals surface area contributed by atoms with Gasteiger partial charge in [-0.15, -0.1) is 0 Å². The van der Waals surface area contributed by atoms with E-state index < -0.39 is 4.92 Å². The summed E-state index contributed by atoms with van der Waals surface area (Å²) >= 11 is 2.11. The van der Waals surface area contributed by atoms with Crippen molar-refractivity contribution in [3.8, 4) is 5.69 Å². The van der Waals surface area contributed by atoms with Crippen LogP contribution in [0.15, 0.2) is 30.6 Å². The molecular formula is C9H8IN5O2. The van der Waals surface area contributed by atoms with Crippen LogP contribution < -0.4 is 11.3 Å². The molecular weight excluding hydrogens is 337 g/mol. The van der Waals surface area contributed by atoms with Crippen LogP contribution in [0.25, 0.3) is 5.69 Å². The average Bonchev–Trinajstić information content (AvgIpc) is 2.75. The molecule has 0 aliphatic heterocycles. The van der Waals surface area contributed by atoms with Gasteiger partial charge in [0.15, 0.2) is 0 Å². The second-order valence-electron chi connectivity index (χ2n) is 3.24. The molecule has 0 unspecified atom stereocenters. The van der Waals surface area contributed by atoms with Gasteiger partial charge in [-0.2, -0.15) is 5.10 Å². The van der Waals surface area contributed by atoms with E-state index in [0.717, 1.165) is 3.57 Å². The number of hydrazine groups is 1. The van der Waals surface area contributed by atoms with Gasteiger partial charge in [-0.25, -0.2) is 4.68 Å². The first-order chi connectivity index (χ1) is 8.10. The van der Waals surface area contributed by atoms with E-state index >= 15 is 0 Å². The number of aromatic nitrogens is 2. The summed E-state index contributed by atoms with van der Waals surface area (Å²) in [4.78, 5) is 10.3. The Morgan fingerprint density at radius 2 is 2.24 bits per heavy atom. The number of nitrogens with zero attached hydrogens (tertiary/aromatic N) is 3. The molecule has 7 nitrogen and oxygen atoms in total. The fourth-order valence-corrected chi connectivity index (χ4v) is 1.75. The molecule has 0 radical (unpaired) electrons. The van der Waals surface area contributed by atoms with Crippen LogP contribution in [-0.2, 0) is 0 Å². The number of nitrogens with two attached hydrogens (primary N) is 1. The third-order valence-corrected chi connectivity index (χ3v) is 2.65. The number of nitro benzene ring substituents is 1. The molecule has 3 N–H and O–H groups in total. The molecule has 1 heterocycles. The van der Waals surface area contributed by atoms with Gasteiger partial charge in [-0.1, -0.05) is 0 Å². The topological polar surface area (TPSA) is 99.0 Å². The van der Waals surface area contributed by atoms with E-state index in [9.17, 15) is 10.1 Å². The monoisotopic (exact) mass is 345 g/mol. The van der Waals surface area contributed by atoms with Gasteiger partial charge in [0, 0.05) is 18.3 Å². The first-order valence-corrected chi connectivity index (χ1v) is 5.64. The SMILES string of the molecule is NNc1cc(-n2cc(I)cn2)cc([N+](=O)[O-])c1. The minimum Gasteiger partial charge on any atom is -0.324 e. The minimum absolute atomic E-state index is 0.0408. The molecule has 17 heavy (non-hydrogen) atoms. The maximum Gasteiger partial charge on any atom is 0.273 e. The smallest absolute Gasteiger partial charge is 0.273 e. The Kier molecular flexibility index (Phi) is 3.24. The molecule has 1 aromatic carbocycles. The van der Waals surface area contributed by atoms with Crippen LogP contribution in [0.5, 0.6) is 0 Å². The number of nitrogens with one attached hydrogen (secondary N) is 1. The molecule has 2 aromatic rings. The second-order valence-corrected chi connectivity index (χ2v) is 4.49. The third kappa shape index (κ3) is 2.53. The van der Waals surface area contributed by atoms with E-state index in [1.807, 2.05) is 0 Å². The lowest BCUT2D eigenvalue weighted by Gasteiger charge is -2.05. The van der Waals surface area contributed by atoms with Crippen molar-refractivity contribution >= 4 is 34.0 Å². The number of benzene rings is 1. The third-order valence-electron chi connectivity index (χ3n) is 2.10. The number of hydrogen-bond acceptors (Lipinski definition) is 5. The number of anilines is 1. The van der Waals surface area contributed by atoms with Gasteiger partial charge in [0.25, 0.3) is 5.69 Å². The van der Waals surface area contributed by atoms with Crippen LogP contribution >= 0.6 is 22.6 Å². The largest absolute Gasteiger partial charge is 0.324 e. The number of nitrogen functional groups attached to an aromatic ring is 1. The average molecular weight is 345 g/mol. The summed E-state index contributed by atoms with van der Waals surface area (Å²) < 4.78 is 2.49. The lowest BCUT2D eigenvalue weighted by molar-refractivity contribution is -0.384. The standard InChI is InChI=1S/C9H8IN5O2/c10-6-4-12-14(5-6)8-1-7(13-11)2-9(3-8)15(16)17/h1-5,13H,11H2. The molecule has 0 saturated heterocycles. The minimum atomic E-state index is -0.473. The molecule has 0 fully saturated rings. The zero-order valence-corrected chi connectivity index (χ0v) is 10.7. The highest BCUT2D eigenvalue weighted by Crippen LogP contribution is 2.22. The highest BCUT2D eigenvalue weighted by atomic mass is 127. The van der Waals surface area contributed by atoms with E-state index in [0.29, 0.717) is 11.4 Å². The Hall–Kier alpha value is -1.68. The van der Waals surface area contributed by atoms with Gasteiger partial charge in [-0.05, 0) is 28.7 Å². The van der Waals surface area contributed by atoms with Gasteiger partial charge in [0.2, 0.25) is 0 Å². The van der Waals surface area contributed by atoms with Crippen molar-refractivity contribution < 1.29 is 4.92 Å². The van der Waals surface area contributed by atoms with Crippen LogP contribution in [0, 0.1) is 13.7 Å². The lowest BCUT2D eigenvalue weighted by atomic mass is 10.2. The predicted octanol–water partition coefficient (Wildman–Crippen LogP) is 1.67. The molecule has 0 atom stereocenters. The van der Waals surface area contributed by atoms with Gasteiger partial charge >= 0.3 is 0 Å². The van der Waals surface area contributed by atoms with Gasteiger partial charge in [0.1, 0.15) is 0 Å². The predicted molar refractivity (Wildman–Crippen MR) is 70.7 cm³/mol. The van der Waals surface area contributed by atoms with Crippen LogP contribution in [0.3, 0.4) is 0 Å². The van der Waals surface area contributed by atoms with Gasteiger partial charge in [-0.3, -0.25) is 16.0 Å². The Bertz CT molecular complexity index is 568. The number of halogens is 1.